The number of amides is 1. The normalized spacial score (nSPS) is 18.6. The van der Waals surface area contributed by atoms with Gasteiger partial charge in [0.05, 0.1) is 24.8 Å². The summed E-state index contributed by atoms with van der Waals surface area (Å²) in [7, 11) is 1.59. The molecule has 1 aromatic heterocycles. The molecule has 1 aromatic carbocycles. The fourth-order valence-electron chi connectivity index (χ4n) is 2.73. The Morgan fingerprint density at radius 2 is 2.26 bits per heavy atom. The summed E-state index contributed by atoms with van der Waals surface area (Å²) in [4.78, 5) is 12.3. The molecular formula is C17H20N2O4. The summed E-state index contributed by atoms with van der Waals surface area (Å²) in [5.74, 6) is 0.901. The summed E-state index contributed by atoms with van der Waals surface area (Å²) < 4.78 is 16.2. The van der Waals surface area contributed by atoms with Crippen LogP contribution in [0, 0.1) is 0 Å². The minimum Gasteiger partial charge on any atom is -0.496 e. The van der Waals surface area contributed by atoms with Crippen LogP contribution < -0.4 is 10.1 Å². The zero-order valence-corrected chi connectivity index (χ0v) is 13.2. The van der Waals surface area contributed by atoms with E-state index in [1.54, 1.807) is 13.2 Å². The first-order valence-electron chi connectivity index (χ1n) is 7.71. The monoisotopic (exact) mass is 316 g/mol. The van der Waals surface area contributed by atoms with E-state index >= 15 is 0 Å². The summed E-state index contributed by atoms with van der Waals surface area (Å²) >= 11 is 0. The van der Waals surface area contributed by atoms with Gasteiger partial charge in [-0.05, 0) is 31.9 Å². The summed E-state index contributed by atoms with van der Waals surface area (Å²) in [6.07, 6.45) is 2.07. The molecule has 122 valence electrons. The molecule has 6 heteroatoms. The standard InChI is InChI=1S/C17H20N2O4/c1-11(14-8-5-9-22-14)18-17(20)13-10-16(23-19-13)12-6-3-4-7-15(12)21-2/h3-4,6-7,10-11,14H,5,8-9H2,1-2H3,(H,18,20)/t11-,14+/m1/s1. The van der Waals surface area contributed by atoms with E-state index in [1.165, 1.54) is 0 Å². The number of ether oxygens (including phenoxy) is 2. The molecule has 2 heterocycles. The van der Waals surface area contributed by atoms with Crippen LogP contribution in [0.4, 0.5) is 0 Å². The van der Waals surface area contributed by atoms with E-state index in [2.05, 4.69) is 10.5 Å². The molecule has 1 N–H and O–H groups in total. The number of hydrogen-bond acceptors (Lipinski definition) is 5. The van der Waals surface area contributed by atoms with Gasteiger partial charge in [-0.15, -0.1) is 0 Å². The van der Waals surface area contributed by atoms with Gasteiger partial charge in [-0.2, -0.15) is 0 Å². The summed E-state index contributed by atoms with van der Waals surface area (Å²) in [5, 5.41) is 6.78. The molecule has 2 atom stereocenters. The van der Waals surface area contributed by atoms with Gasteiger partial charge in [-0.1, -0.05) is 17.3 Å². The third-order valence-corrected chi connectivity index (χ3v) is 4.00. The van der Waals surface area contributed by atoms with Crippen molar-refractivity contribution in [2.45, 2.75) is 31.9 Å². The molecule has 1 amide bonds. The van der Waals surface area contributed by atoms with Crippen molar-refractivity contribution in [3.05, 3.63) is 36.0 Å². The molecule has 0 radical (unpaired) electrons. The average molecular weight is 316 g/mol. The number of rotatable bonds is 5. The van der Waals surface area contributed by atoms with Crippen LogP contribution in [0.5, 0.6) is 5.75 Å². The highest BCUT2D eigenvalue weighted by Crippen LogP contribution is 2.29. The largest absolute Gasteiger partial charge is 0.496 e. The molecular weight excluding hydrogens is 296 g/mol. The minimum atomic E-state index is -0.266. The van der Waals surface area contributed by atoms with Crippen molar-refractivity contribution in [3.8, 4) is 17.1 Å². The smallest absolute Gasteiger partial charge is 0.273 e. The van der Waals surface area contributed by atoms with E-state index in [9.17, 15) is 4.79 Å². The topological polar surface area (TPSA) is 73.6 Å². The molecule has 3 rings (SSSR count). The van der Waals surface area contributed by atoms with E-state index in [0.29, 0.717) is 11.5 Å². The highest BCUT2D eigenvalue weighted by molar-refractivity contribution is 5.93. The van der Waals surface area contributed by atoms with Crippen LogP contribution in [-0.2, 0) is 4.74 Å². The number of carbonyl (C=O) groups excluding carboxylic acids is 1. The van der Waals surface area contributed by atoms with Gasteiger partial charge in [0.25, 0.3) is 5.91 Å². The van der Waals surface area contributed by atoms with Crippen LogP contribution >= 0.6 is 0 Å². The molecule has 0 saturated carbocycles. The molecule has 1 aliphatic rings. The predicted molar refractivity (Wildman–Crippen MR) is 84.4 cm³/mol. The van der Waals surface area contributed by atoms with Gasteiger partial charge in [0.2, 0.25) is 0 Å². The van der Waals surface area contributed by atoms with Crippen molar-refractivity contribution < 1.29 is 18.8 Å². The van der Waals surface area contributed by atoms with E-state index in [4.69, 9.17) is 14.0 Å². The SMILES string of the molecule is COc1ccccc1-c1cc(C(=O)N[C@H](C)[C@@H]2CCCO2)no1. The van der Waals surface area contributed by atoms with Crippen LogP contribution in [0.1, 0.15) is 30.3 Å². The van der Waals surface area contributed by atoms with Crippen LogP contribution in [0.15, 0.2) is 34.9 Å². The van der Waals surface area contributed by atoms with Crippen molar-refractivity contribution >= 4 is 5.91 Å². The van der Waals surface area contributed by atoms with Crippen molar-refractivity contribution in [2.75, 3.05) is 13.7 Å². The van der Waals surface area contributed by atoms with E-state index in [0.717, 1.165) is 25.0 Å². The molecule has 0 bridgehead atoms. The first-order valence-corrected chi connectivity index (χ1v) is 7.71. The zero-order chi connectivity index (χ0) is 16.2. The number of methoxy groups -OCH3 is 1. The molecule has 1 aliphatic heterocycles. The number of para-hydroxylation sites is 1. The van der Waals surface area contributed by atoms with Gasteiger partial charge in [0, 0.05) is 12.7 Å². The van der Waals surface area contributed by atoms with Gasteiger partial charge in [-0.3, -0.25) is 4.79 Å². The quantitative estimate of drug-likeness (QED) is 0.918. The van der Waals surface area contributed by atoms with Gasteiger partial charge >= 0.3 is 0 Å². The average Bonchev–Trinajstić information content (AvgIpc) is 3.26. The van der Waals surface area contributed by atoms with Crippen molar-refractivity contribution in [1.29, 1.82) is 0 Å². The number of nitrogens with one attached hydrogen (secondary N) is 1. The Hall–Kier alpha value is -2.34. The van der Waals surface area contributed by atoms with Gasteiger partial charge in [-0.25, -0.2) is 0 Å². The second-order valence-corrected chi connectivity index (χ2v) is 5.59. The molecule has 0 unspecified atom stereocenters. The van der Waals surface area contributed by atoms with Crippen LogP contribution in [0.3, 0.4) is 0 Å². The lowest BCUT2D eigenvalue weighted by molar-refractivity contribution is 0.0707. The van der Waals surface area contributed by atoms with Crippen molar-refractivity contribution in [3.63, 3.8) is 0 Å². The summed E-state index contributed by atoms with van der Waals surface area (Å²) in [5.41, 5.74) is 1.00. The van der Waals surface area contributed by atoms with Gasteiger partial charge in [0.15, 0.2) is 11.5 Å². The van der Waals surface area contributed by atoms with Gasteiger partial charge < -0.3 is 19.3 Å². The van der Waals surface area contributed by atoms with Crippen LogP contribution in [0.25, 0.3) is 11.3 Å². The van der Waals surface area contributed by atoms with E-state index < -0.39 is 0 Å². The highest BCUT2D eigenvalue weighted by Gasteiger charge is 2.25. The lowest BCUT2D eigenvalue weighted by Gasteiger charge is -2.19. The third kappa shape index (κ3) is 3.37. The Bertz CT molecular complexity index is 677. The number of nitrogens with zero attached hydrogens (tertiary/aromatic N) is 1. The lowest BCUT2D eigenvalue weighted by atomic mass is 10.1. The minimum absolute atomic E-state index is 0.0589. The fourth-order valence-corrected chi connectivity index (χ4v) is 2.73. The Morgan fingerprint density at radius 3 is 3.00 bits per heavy atom. The van der Waals surface area contributed by atoms with Crippen molar-refractivity contribution in [2.24, 2.45) is 0 Å². The maximum atomic E-state index is 12.3. The number of carbonyl (C=O) groups is 1. The predicted octanol–water partition coefficient (Wildman–Crippen LogP) is 2.65. The first kappa shape index (κ1) is 15.6. The number of benzene rings is 1. The second-order valence-electron chi connectivity index (χ2n) is 5.59. The molecule has 23 heavy (non-hydrogen) atoms. The molecule has 1 fully saturated rings. The molecule has 0 aliphatic carbocycles. The van der Waals surface area contributed by atoms with Crippen LogP contribution in [0.2, 0.25) is 0 Å². The Balaban J connectivity index is 1.72. The summed E-state index contributed by atoms with van der Waals surface area (Å²) in [6.45, 7) is 2.70. The molecule has 1 saturated heterocycles. The molecule has 2 aromatic rings. The maximum Gasteiger partial charge on any atom is 0.273 e. The van der Waals surface area contributed by atoms with E-state index in [1.807, 2.05) is 31.2 Å². The summed E-state index contributed by atoms with van der Waals surface area (Å²) in [6, 6.07) is 8.99. The van der Waals surface area contributed by atoms with E-state index in [-0.39, 0.29) is 23.7 Å². The Labute approximate surface area is 134 Å². The van der Waals surface area contributed by atoms with Crippen molar-refractivity contribution in [1.82, 2.24) is 10.5 Å². The number of aromatic nitrogens is 1. The highest BCUT2D eigenvalue weighted by atomic mass is 16.5. The molecule has 6 nitrogen and oxygen atoms in total. The lowest BCUT2D eigenvalue weighted by Crippen LogP contribution is -2.40. The third-order valence-electron chi connectivity index (χ3n) is 4.00. The molecule has 0 spiro atoms. The maximum absolute atomic E-state index is 12.3. The van der Waals surface area contributed by atoms with Crippen LogP contribution in [-0.4, -0.2) is 36.9 Å². The Morgan fingerprint density at radius 1 is 1.43 bits per heavy atom. The number of hydrogen-bond donors (Lipinski definition) is 1. The first-order chi connectivity index (χ1) is 11.2. The fraction of sp³-hybridized carbons (Fsp3) is 0.412. The second kappa shape index (κ2) is 6.83. The Kier molecular flexibility index (Phi) is 4.62. The zero-order valence-electron chi connectivity index (χ0n) is 13.2. The van der Waals surface area contributed by atoms with Gasteiger partial charge in [0.1, 0.15) is 5.75 Å².